The van der Waals surface area contributed by atoms with Gasteiger partial charge in [-0.1, -0.05) is 24.4 Å². The molecule has 3 aromatic heterocycles. The molecule has 0 aliphatic heterocycles. The van der Waals surface area contributed by atoms with E-state index in [2.05, 4.69) is 21.1 Å². The van der Waals surface area contributed by atoms with Crippen LogP contribution >= 0.6 is 12.2 Å². The lowest BCUT2D eigenvalue weighted by atomic mass is 10.2. The Kier molecular flexibility index (Phi) is 3.03. The molecule has 0 bridgehead atoms. The molecule has 110 valence electrons. The minimum absolute atomic E-state index is 0.337. The van der Waals surface area contributed by atoms with Gasteiger partial charge in [-0.15, -0.1) is 0 Å². The molecule has 0 unspecified atom stereocenters. The molecule has 0 fully saturated rings. The van der Waals surface area contributed by atoms with Crippen LogP contribution in [0.3, 0.4) is 0 Å². The van der Waals surface area contributed by atoms with E-state index in [1.54, 1.807) is 29.3 Å². The minimum atomic E-state index is 0.337. The van der Waals surface area contributed by atoms with Gasteiger partial charge in [-0.25, -0.2) is 9.67 Å². The third-order valence-corrected chi connectivity index (χ3v) is 3.82. The average Bonchev–Trinajstić information content (AvgIpc) is 3.22. The molecule has 23 heavy (non-hydrogen) atoms. The van der Waals surface area contributed by atoms with Gasteiger partial charge in [0.2, 0.25) is 0 Å². The fourth-order valence-electron chi connectivity index (χ4n) is 2.36. The molecular weight excluding hydrogens is 310 g/mol. The Hall–Kier alpha value is -3.24. The van der Waals surface area contributed by atoms with E-state index in [4.69, 9.17) is 16.6 Å². The van der Waals surface area contributed by atoms with Crippen LogP contribution < -0.4 is 0 Å². The number of rotatable bonds is 2. The Labute approximate surface area is 135 Å². The summed E-state index contributed by atoms with van der Waals surface area (Å²) in [5.74, 6) is 1.06. The molecule has 0 aliphatic rings. The quantitative estimate of drug-likeness (QED) is 0.571. The molecule has 6 nitrogen and oxygen atoms in total. The van der Waals surface area contributed by atoms with Gasteiger partial charge in [-0.05, 0) is 24.3 Å². The van der Waals surface area contributed by atoms with Gasteiger partial charge in [0.1, 0.15) is 22.0 Å². The molecular formula is C16H9N5OS. The highest BCUT2D eigenvalue weighted by Crippen LogP contribution is 2.24. The second kappa shape index (κ2) is 5.19. The summed E-state index contributed by atoms with van der Waals surface area (Å²) in [5, 5.41) is 12.5. The Morgan fingerprint density at radius 3 is 2.74 bits per heavy atom. The number of nitriles is 1. The van der Waals surface area contributed by atoms with Crippen LogP contribution in [0.2, 0.25) is 0 Å². The minimum Gasteiger partial charge on any atom is -0.463 e. The van der Waals surface area contributed by atoms with Gasteiger partial charge in [-0.2, -0.15) is 5.26 Å². The van der Waals surface area contributed by atoms with E-state index in [0.29, 0.717) is 27.5 Å². The van der Waals surface area contributed by atoms with Gasteiger partial charge in [0, 0.05) is 0 Å². The Balaban J connectivity index is 1.95. The molecule has 4 aromatic rings. The highest BCUT2D eigenvalue weighted by molar-refractivity contribution is 7.71. The number of benzene rings is 1. The number of nitrogens with one attached hydrogen (secondary N) is 1. The molecule has 4 rings (SSSR count). The van der Waals surface area contributed by atoms with Crippen molar-refractivity contribution in [3.63, 3.8) is 0 Å². The van der Waals surface area contributed by atoms with Crippen LogP contribution in [0, 0.1) is 16.0 Å². The van der Waals surface area contributed by atoms with Crippen molar-refractivity contribution in [1.82, 2.24) is 19.7 Å². The van der Waals surface area contributed by atoms with Crippen molar-refractivity contribution in [3.8, 4) is 23.3 Å². The molecule has 0 amide bonds. The molecule has 0 saturated carbocycles. The summed E-state index contributed by atoms with van der Waals surface area (Å²) in [6, 6.07) is 13.2. The molecule has 3 heterocycles. The van der Waals surface area contributed by atoms with Gasteiger partial charge < -0.3 is 4.42 Å². The third kappa shape index (κ3) is 2.13. The maximum Gasteiger partial charge on any atom is 0.172 e. The van der Waals surface area contributed by atoms with Crippen molar-refractivity contribution in [2.45, 2.75) is 0 Å². The van der Waals surface area contributed by atoms with Gasteiger partial charge in [-0.3, -0.25) is 10.1 Å². The van der Waals surface area contributed by atoms with E-state index in [1.165, 1.54) is 0 Å². The molecule has 7 heteroatoms. The van der Waals surface area contributed by atoms with Gasteiger partial charge in [0.15, 0.2) is 11.6 Å². The van der Waals surface area contributed by atoms with Crippen LogP contribution in [0.25, 0.3) is 28.3 Å². The first-order chi connectivity index (χ1) is 11.3. The summed E-state index contributed by atoms with van der Waals surface area (Å²) in [4.78, 5) is 8.91. The number of fused-ring (bicyclic) bond motifs is 1. The van der Waals surface area contributed by atoms with Crippen molar-refractivity contribution in [2.24, 2.45) is 0 Å². The second-order valence-corrected chi connectivity index (χ2v) is 5.20. The van der Waals surface area contributed by atoms with Crippen LogP contribution in [0.15, 0.2) is 53.3 Å². The van der Waals surface area contributed by atoms with E-state index >= 15 is 0 Å². The zero-order valence-electron chi connectivity index (χ0n) is 11.7. The topological polar surface area (TPSA) is 83.4 Å². The van der Waals surface area contributed by atoms with Crippen molar-refractivity contribution >= 4 is 23.3 Å². The first-order valence-electron chi connectivity index (χ1n) is 6.79. The Morgan fingerprint density at radius 1 is 1.17 bits per heavy atom. The molecule has 0 atom stereocenters. The highest BCUT2D eigenvalue weighted by Gasteiger charge is 2.16. The van der Waals surface area contributed by atoms with E-state index < -0.39 is 0 Å². The zero-order chi connectivity index (χ0) is 15.8. The predicted octanol–water partition coefficient (Wildman–Crippen LogP) is 3.61. The van der Waals surface area contributed by atoms with E-state index in [0.717, 1.165) is 11.0 Å². The summed E-state index contributed by atoms with van der Waals surface area (Å²) >= 11 is 5.39. The van der Waals surface area contributed by atoms with Crippen LogP contribution in [0.5, 0.6) is 0 Å². The monoisotopic (exact) mass is 319 g/mol. The largest absolute Gasteiger partial charge is 0.463 e. The van der Waals surface area contributed by atoms with Crippen molar-refractivity contribution in [3.05, 3.63) is 59.1 Å². The third-order valence-electron chi connectivity index (χ3n) is 3.43. The summed E-state index contributed by atoms with van der Waals surface area (Å²) in [7, 11) is 0. The lowest BCUT2D eigenvalue weighted by Gasteiger charge is -2.03. The van der Waals surface area contributed by atoms with E-state index in [-0.39, 0.29) is 0 Å². The highest BCUT2D eigenvalue weighted by atomic mass is 32.1. The summed E-state index contributed by atoms with van der Waals surface area (Å²) in [6.45, 7) is 0. The predicted molar refractivity (Wildman–Crippen MR) is 86.5 cm³/mol. The lowest BCUT2D eigenvalue weighted by Crippen LogP contribution is -2.01. The number of H-pyrrole nitrogens is 1. The van der Waals surface area contributed by atoms with Crippen LogP contribution in [0.1, 0.15) is 5.56 Å². The number of para-hydroxylation sites is 2. The second-order valence-electron chi connectivity index (χ2n) is 4.81. The molecule has 0 radical (unpaired) electrons. The Bertz CT molecular complexity index is 1100. The van der Waals surface area contributed by atoms with Gasteiger partial charge in [0.25, 0.3) is 0 Å². The van der Waals surface area contributed by atoms with E-state index in [9.17, 15) is 5.26 Å². The fourth-order valence-corrected chi connectivity index (χ4v) is 2.64. The summed E-state index contributed by atoms with van der Waals surface area (Å²) in [5.41, 5.74) is 2.41. The summed E-state index contributed by atoms with van der Waals surface area (Å²) in [6.07, 6.45) is 3.16. The number of aromatic amines is 1. The molecule has 1 N–H and O–H groups in total. The SMILES string of the molecule is N#Cc1c(-c2ccco2)[nH]n(-c2cnc3ccccc3n2)c1=S. The maximum absolute atomic E-state index is 9.40. The van der Waals surface area contributed by atoms with Crippen LogP contribution in [-0.4, -0.2) is 19.7 Å². The first-order valence-corrected chi connectivity index (χ1v) is 7.20. The van der Waals surface area contributed by atoms with Crippen molar-refractivity contribution in [1.29, 1.82) is 5.26 Å². The number of furan rings is 1. The standard InChI is InChI=1S/C16H9N5OS/c17-8-10-15(13-6-3-7-22-13)20-21(16(10)23)14-9-18-11-4-1-2-5-12(11)19-14/h1-7,9,20H. The zero-order valence-corrected chi connectivity index (χ0v) is 12.5. The van der Waals surface area contributed by atoms with Crippen molar-refractivity contribution < 1.29 is 4.42 Å². The maximum atomic E-state index is 9.40. The molecule has 0 aliphatic carbocycles. The molecule has 0 saturated heterocycles. The first kappa shape index (κ1) is 13.4. The molecule has 1 aromatic carbocycles. The molecule has 0 spiro atoms. The van der Waals surface area contributed by atoms with Crippen LogP contribution in [-0.2, 0) is 0 Å². The fraction of sp³-hybridized carbons (Fsp3) is 0. The number of hydrogen-bond acceptors (Lipinski definition) is 5. The summed E-state index contributed by atoms with van der Waals surface area (Å²) < 4.78 is 7.26. The number of hydrogen-bond donors (Lipinski definition) is 1. The Morgan fingerprint density at radius 2 is 2.00 bits per heavy atom. The van der Waals surface area contributed by atoms with Crippen LogP contribution in [0.4, 0.5) is 0 Å². The number of aromatic nitrogens is 4. The van der Waals surface area contributed by atoms with Gasteiger partial charge >= 0.3 is 0 Å². The average molecular weight is 319 g/mol. The van der Waals surface area contributed by atoms with E-state index in [1.807, 2.05) is 24.3 Å². The smallest absolute Gasteiger partial charge is 0.172 e. The number of nitrogens with zero attached hydrogens (tertiary/aromatic N) is 4. The lowest BCUT2D eigenvalue weighted by molar-refractivity contribution is 0.578. The van der Waals surface area contributed by atoms with Gasteiger partial charge in [0.05, 0.1) is 23.5 Å². The normalized spacial score (nSPS) is 10.7. The van der Waals surface area contributed by atoms with Crippen molar-refractivity contribution in [2.75, 3.05) is 0 Å².